The van der Waals surface area contributed by atoms with Crippen LogP contribution in [-0.2, 0) is 0 Å². The molecule has 0 radical (unpaired) electrons. The summed E-state index contributed by atoms with van der Waals surface area (Å²) < 4.78 is 5.91. The van der Waals surface area contributed by atoms with Gasteiger partial charge in [0.15, 0.2) is 0 Å². The molecule has 2 aromatic rings. The van der Waals surface area contributed by atoms with Crippen LogP contribution in [0.5, 0.6) is 5.75 Å². The predicted octanol–water partition coefficient (Wildman–Crippen LogP) is 2.91. The Morgan fingerprint density at radius 2 is 2.04 bits per heavy atom. The van der Waals surface area contributed by atoms with Crippen molar-refractivity contribution in [3.63, 3.8) is 0 Å². The quantitative estimate of drug-likeness (QED) is 0.859. The summed E-state index contributed by atoms with van der Waals surface area (Å²) >= 11 is 5.85. The number of hydrogen-bond donors (Lipinski definition) is 2. The Kier molecular flexibility index (Phi) is 5.58. The minimum atomic E-state index is -0.608. The number of carbonyl (C=O) groups is 2. The van der Waals surface area contributed by atoms with Gasteiger partial charge in [-0.15, -0.1) is 0 Å². The maximum atomic E-state index is 12.4. The molecule has 3 rings (SSSR count). The fourth-order valence-electron chi connectivity index (χ4n) is 2.77. The number of ether oxygens (including phenoxy) is 1. The van der Waals surface area contributed by atoms with Crippen LogP contribution >= 0.6 is 11.6 Å². The van der Waals surface area contributed by atoms with Gasteiger partial charge in [0.25, 0.3) is 5.91 Å². The maximum Gasteiger partial charge on any atom is 0.321 e. The molecule has 2 heterocycles. The number of nitrogens with two attached hydrogens (primary N) is 1. The summed E-state index contributed by atoms with van der Waals surface area (Å²) in [5, 5.41) is 3.46. The lowest BCUT2D eigenvalue weighted by molar-refractivity contribution is 0.0989. The Balaban J connectivity index is 1.60. The van der Waals surface area contributed by atoms with E-state index in [1.165, 1.54) is 12.3 Å². The van der Waals surface area contributed by atoms with E-state index < -0.39 is 5.91 Å². The standard InChI is InChI=1S/C18H19ClN4O3/c19-12-3-5-13(6-4-12)22-18(25)23-9-1-2-15(11-23)26-14-7-8-21-16(10-14)17(20)24/h3-8,10,15H,1-2,9,11H2,(H2,20,24)(H,22,25). The van der Waals surface area contributed by atoms with Crippen LogP contribution < -0.4 is 15.8 Å². The van der Waals surface area contributed by atoms with Crippen LogP contribution in [0, 0.1) is 0 Å². The second kappa shape index (κ2) is 8.05. The van der Waals surface area contributed by atoms with Crippen LogP contribution in [-0.4, -0.2) is 41.0 Å². The molecule has 0 bridgehead atoms. The summed E-state index contributed by atoms with van der Waals surface area (Å²) in [5.74, 6) is -0.0955. The van der Waals surface area contributed by atoms with E-state index in [4.69, 9.17) is 22.1 Å². The molecule has 1 aliphatic rings. The van der Waals surface area contributed by atoms with Gasteiger partial charge in [0.2, 0.25) is 0 Å². The SMILES string of the molecule is NC(=O)c1cc(OC2CCCN(C(=O)Nc3ccc(Cl)cc3)C2)ccn1. The first-order valence-corrected chi connectivity index (χ1v) is 8.63. The van der Waals surface area contributed by atoms with Gasteiger partial charge in [-0.3, -0.25) is 9.78 Å². The predicted molar refractivity (Wildman–Crippen MR) is 98.4 cm³/mol. The van der Waals surface area contributed by atoms with Crippen LogP contribution in [0.3, 0.4) is 0 Å². The number of amides is 3. The molecule has 26 heavy (non-hydrogen) atoms. The number of urea groups is 1. The van der Waals surface area contributed by atoms with Crippen molar-refractivity contribution in [2.45, 2.75) is 18.9 Å². The minimum Gasteiger partial charge on any atom is -0.488 e. The molecular formula is C18H19ClN4O3. The van der Waals surface area contributed by atoms with Gasteiger partial charge in [-0.05, 0) is 43.2 Å². The zero-order valence-electron chi connectivity index (χ0n) is 14.0. The lowest BCUT2D eigenvalue weighted by Crippen LogP contribution is -2.46. The third-order valence-electron chi connectivity index (χ3n) is 4.05. The van der Waals surface area contributed by atoms with Gasteiger partial charge in [0.1, 0.15) is 17.5 Å². The van der Waals surface area contributed by atoms with E-state index in [1.54, 1.807) is 35.2 Å². The smallest absolute Gasteiger partial charge is 0.321 e. The number of aromatic nitrogens is 1. The fourth-order valence-corrected chi connectivity index (χ4v) is 2.89. The Morgan fingerprint density at radius 3 is 2.77 bits per heavy atom. The summed E-state index contributed by atoms with van der Waals surface area (Å²) in [6.45, 7) is 1.11. The lowest BCUT2D eigenvalue weighted by Gasteiger charge is -2.33. The van der Waals surface area contributed by atoms with Gasteiger partial charge in [0, 0.05) is 29.5 Å². The maximum absolute atomic E-state index is 12.4. The van der Waals surface area contributed by atoms with Gasteiger partial charge >= 0.3 is 6.03 Å². The number of carbonyl (C=O) groups excluding carboxylic acids is 2. The number of halogens is 1. The molecule has 1 aliphatic heterocycles. The number of nitrogens with zero attached hydrogens (tertiary/aromatic N) is 2. The van der Waals surface area contributed by atoms with Crippen molar-refractivity contribution in [1.29, 1.82) is 0 Å². The third kappa shape index (κ3) is 4.64. The van der Waals surface area contributed by atoms with Crippen molar-refractivity contribution < 1.29 is 14.3 Å². The second-order valence-corrected chi connectivity index (χ2v) is 6.44. The van der Waals surface area contributed by atoms with E-state index in [9.17, 15) is 9.59 Å². The molecule has 3 N–H and O–H groups in total. The molecule has 0 saturated carbocycles. The van der Waals surface area contributed by atoms with Crippen molar-refractivity contribution in [3.8, 4) is 5.75 Å². The van der Waals surface area contributed by atoms with Crippen LogP contribution in [0.4, 0.5) is 10.5 Å². The normalized spacial score (nSPS) is 16.8. The molecule has 7 nitrogen and oxygen atoms in total. The second-order valence-electron chi connectivity index (χ2n) is 6.01. The van der Waals surface area contributed by atoms with Crippen molar-refractivity contribution in [2.75, 3.05) is 18.4 Å². The summed E-state index contributed by atoms with van der Waals surface area (Å²) in [4.78, 5) is 29.3. The summed E-state index contributed by atoms with van der Waals surface area (Å²) in [7, 11) is 0. The average molecular weight is 375 g/mol. The number of anilines is 1. The minimum absolute atomic E-state index is 0.149. The molecule has 1 atom stereocenters. The molecular weight excluding hydrogens is 356 g/mol. The molecule has 1 saturated heterocycles. The van der Waals surface area contributed by atoms with Crippen molar-refractivity contribution in [3.05, 3.63) is 53.3 Å². The highest BCUT2D eigenvalue weighted by molar-refractivity contribution is 6.30. The molecule has 8 heteroatoms. The number of benzene rings is 1. The monoisotopic (exact) mass is 374 g/mol. The number of rotatable bonds is 4. The molecule has 1 fully saturated rings. The summed E-state index contributed by atoms with van der Waals surface area (Å²) in [5.41, 5.74) is 6.07. The van der Waals surface area contributed by atoms with Gasteiger partial charge in [0.05, 0.1) is 6.54 Å². The zero-order valence-corrected chi connectivity index (χ0v) is 14.8. The number of primary amides is 1. The van der Waals surface area contributed by atoms with E-state index in [1.807, 2.05) is 0 Å². The fraction of sp³-hybridized carbons (Fsp3) is 0.278. The first-order valence-electron chi connectivity index (χ1n) is 8.25. The van der Waals surface area contributed by atoms with Gasteiger partial charge in [-0.1, -0.05) is 11.6 Å². The number of hydrogen-bond acceptors (Lipinski definition) is 4. The highest BCUT2D eigenvalue weighted by Gasteiger charge is 2.25. The molecule has 1 aromatic carbocycles. The first kappa shape index (κ1) is 18.0. The number of likely N-dealkylation sites (tertiary alicyclic amines) is 1. The topological polar surface area (TPSA) is 97.6 Å². The Hall–Kier alpha value is -2.80. The van der Waals surface area contributed by atoms with Crippen LogP contribution in [0.25, 0.3) is 0 Å². The Labute approximate surface area is 156 Å². The van der Waals surface area contributed by atoms with Crippen LogP contribution in [0.15, 0.2) is 42.6 Å². The number of piperidine rings is 1. The van der Waals surface area contributed by atoms with E-state index >= 15 is 0 Å². The third-order valence-corrected chi connectivity index (χ3v) is 4.30. The molecule has 0 spiro atoms. The van der Waals surface area contributed by atoms with E-state index in [0.717, 1.165) is 12.8 Å². The van der Waals surface area contributed by atoms with E-state index in [0.29, 0.717) is 29.5 Å². The van der Waals surface area contributed by atoms with Crippen LogP contribution in [0.1, 0.15) is 23.3 Å². The summed E-state index contributed by atoms with van der Waals surface area (Å²) in [6, 6.07) is 9.93. The first-order chi connectivity index (χ1) is 12.5. The van der Waals surface area contributed by atoms with Gasteiger partial charge in [-0.2, -0.15) is 0 Å². The lowest BCUT2D eigenvalue weighted by atomic mass is 10.1. The van der Waals surface area contributed by atoms with E-state index in [2.05, 4.69) is 10.3 Å². The highest BCUT2D eigenvalue weighted by atomic mass is 35.5. The van der Waals surface area contributed by atoms with Crippen molar-refractivity contribution in [2.24, 2.45) is 5.73 Å². The number of nitrogens with one attached hydrogen (secondary N) is 1. The molecule has 1 unspecified atom stereocenters. The highest BCUT2D eigenvalue weighted by Crippen LogP contribution is 2.20. The average Bonchev–Trinajstić information content (AvgIpc) is 2.64. The Bertz CT molecular complexity index is 797. The zero-order chi connectivity index (χ0) is 18.5. The molecule has 136 valence electrons. The van der Waals surface area contributed by atoms with Crippen molar-refractivity contribution >= 4 is 29.2 Å². The van der Waals surface area contributed by atoms with E-state index in [-0.39, 0.29) is 17.8 Å². The molecule has 0 aliphatic carbocycles. The number of pyridine rings is 1. The Morgan fingerprint density at radius 1 is 1.27 bits per heavy atom. The molecule has 1 aromatic heterocycles. The largest absolute Gasteiger partial charge is 0.488 e. The van der Waals surface area contributed by atoms with Crippen LogP contribution in [0.2, 0.25) is 5.02 Å². The van der Waals surface area contributed by atoms with Crippen molar-refractivity contribution in [1.82, 2.24) is 9.88 Å². The van der Waals surface area contributed by atoms with Gasteiger partial charge < -0.3 is 20.7 Å². The molecule has 3 amide bonds. The summed E-state index contributed by atoms with van der Waals surface area (Å²) in [6.07, 6.45) is 2.96. The van der Waals surface area contributed by atoms with Gasteiger partial charge in [-0.25, -0.2) is 4.79 Å².